The van der Waals surface area contributed by atoms with Crippen molar-refractivity contribution in [2.45, 2.75) is 32.7 Å². The molecule has 0 aliphatic carbocycles. The minimum atomic E-state index is -0.286. The molecule has 0 saturated carbocycles. The second-order valence-corrected chi connectivity index (χ2v) is 7.48. The molecule has 3 nitrogen and oxygen atoms in total. The lowest BCUT2D eigenvalue weighted by molar-refractivity contribution is -0.132. The van der Waals surface area contributed by atoms with Crippen molar-refractivity contribution >= 4 is 34.2 Å². The quantitative estimate of drug-likeness (QED) is 0.640. The highest BCUT2D eigenvalue weighted by molar-refractivity contribution is 9.10. The Morgan fingerprint density at radius 2 is 2.16 bits per heavy atom. The van der Waals surface area contributed by atoms with E-state index in [1.165, 1.54) is 6.07 Å². The first kappa shape index (κ1) is 22.1. The summed E-state index contributed by atoms with van der Waals surface area (Å²) in [5, 5.41) is 3.36. The molecule has 1 saturated heterocycles. The van der Waals surface area contributed by atoms with E-state index in [0.717, 1.165) is 30.4 Å². The zero-order valence-electron chi connectivity index (χ0n) is 14.6. The molecule has 0 radical (unpaired) electrons. The van der Waals surface area contributed by atoms with Gasteiger partial charge in [0.2, 0.25) is 5.91 Å². The number of carbonyl (C=O) groups is 1. The Hall–Kier alpha value is -0.910. The van der Waals surface area contributed by atoms with Crippen LogP contribution in [0.15, 0.2) is 35.3 Å². The maximum atomic E-state index is 14.0. The van der Waals surface area contributed by atoms with Crippen LogP contribution in [-0.2, 0) is 11.3 Å². The maximum Gasteiger partial charge on any atom is 0.223 e. The number of rotatable bonds is 7. The second kappa shape index (κ2) is 10.9. The third kappa shape index (κ3) is 6.72. The van der Waals surface area contributed by atoms with Crippen molar-refractivity contribution in [2.24, 2.45) is 11.8 Å². The minimum absolute atomic E-state index is 0. The van der Waals surface area contributed by atoms with E-state index in [-0.39, 0.29) is 30.7 Å². The van der Waals surface area contributed by atoms with Gasteiger partial charge in [0.25, 0.3) is 0 Å². The highest BCUT2D eigenvalue weighted by Gasteiger charge is 2.24. The van der Waals surface area contributed by atoms with Gasteiger partial charge in [0.15, 0.2) is 0 Å². The molecule has 1 fully saturated rings. The van der Waals surface area contributed by atoms with Crippen molar-refractivity contribution in [3.8, 4) is 0 Å². The fourth-order valence-electron chi connectivity index (χ4n) is 3.26. The number of hydrogen-bond acceptors (Lipinski definition) is 2. The van der Waals surface area contributed by atoms with Crippen LogP contribution in [0.4, 0.5) is 4.39 Å². The zero-order chi connectivity index (χ0) is 17.5. The SMILES string of the molecule is C=CCN(Cc1cc(Br)ccc1F)C(=O)CC(C)C1CCNCC1.Cl. The smallest absolute Gasteiger partial charge is 0.223 e. The van der Waals surface area contributed by atoms with Gasteiger partial charge in [0.1, 0.15) is 5.82 Å². The second-order valence-electron chi connectivity index (χ2n) is 6.57. The summed E-state index contributed by atoms with van der Waals surface area (Å²) < 4.78 is 14.8. The number of carbonyl (C=O) groups excluding carboxylic acids is 1. The Morgan fingerprint density at radius 1 is 1.48 bits per heavy atom. The third-order valence-electron chi connectivity index (χ3n) is 4.76. The molecule has 2 rings (SSSR count). The number of nitrogens with zero attached hydrogens (tertiary/aromatic N) is 1. The summed E-state index contributed by atoms with van der Waals surface area (Å²) in [6.07, 6.45) is 4.45. The molecule has 1 N–H and O–H groups in total. The lowest BCUT2D eigenvalue weighted by Crippen LogP contribution is -2.35. The highest BCUT2D eigenvalue weighted by Crippen LogP contribution is 2.25. The van der Waals surface area contributed by atoms with Gasteiger partial charge in [-0.1, -0.05) is 28.9 Å². The van der Waals surface area contributed by atoms with E-state index in [0.29, 0.717) is 30.4 Å². The number of hydrogen-bond donors (Lipinski definition) is 1. The first-order chi connectivity index (χ1) is 11.5. The molecular formula is C19H27BrClFN2O. The summed E-state index contributed by atoms with van der Waals surface area (Å²) in [6, 6.07) is 4.82. The van der Waals surface area contributed by atoms with Crippen LogP contribution < -0.4 is 5.32 Å². The van der Waals surface area contributed by atoms with E-state index in [1.54, 1.807) is 23.1 Å². The third-order valence-corrected chi connectivity index (χ3v) is 5.25. The Kier molecular flexibility index (Phi) is 9.69. The van der Waals surface area contributed by atoms with Gasteiger partial charge in [0.05, 0.1) is 0 Å². The Morgan fingerprint density at radius 3 is 2.80 bits per heavy atom. The van der Waals surface area contributed by atoms with E-state index in [4.69, 9.17) is 0 Å². The van der Waals surface area contributed by atoms with Crippen molar-refractivity contribution in [3.63, 3.8) is 0 Å². The molecule has 0 aromatic heterocycles. The van der Waals surface area contributed by atoms with Gasteiger partial charge in [-0.25, -0.2) is 4.39 Å². The van der Waals surface area contributed by atoms with Gasteiger partial charge in [-0.15, -0.1) is 19.0 Å². The Balaban J connectivity index is 0.00000312. The van der Waals surface area contributed by atoms with Crippen molar-refractivity contribution in [1.29, 1.82) is 0 Å². The fraction of sp³-hybridized carbons (Fsp3) is 0.526. The number of piperidine rings is 1. The predicted octanol–water partition coefficient (Wildman–Crippen LogP) is 4.55. The van der Waals surface area contributed by atoms with E-state index in [2.05, 4.69) is 34.7 Å². The molecule has 140 valence electrons. The lowest BCUT2D eigenvalue weighted by atomic mass is 9.84. The van der Waals surface area contributed by atoms with E-state index in [9.17, 15) is 9.18 Å². The molecule has 1 aromatic rings. The van der Waals surface area contributed by atoms with Gasteiger partial charge < -0.3 is 10.2 Å². The molecule has 1 amide bonds. The monoisotopic (exact) mass is 432 g/mol. The number of halogens is 3. The summed E-state index contributed by atoms with van der Waals surface area (Å²) in [5.74, 6) is 0.717. The van der Waals surface area contributed by atoms with Gasteiger partial charge in [0, 0.05) is 29.5 Å². The van der Waals surface area contributed by atoms with Gasteiger partial charge >= 0.3 is 0 Å². The molecule has 1 aliphatic heterocycles. The van der Waals surface area contributed by atoms with Crippen molar-refractivity contribution in [3.05, 3.63) is 46.7 Å². The van der Waals surface area contributed by atoms with Crippen LogP contribution in [0.5, 0.6) is 0 Å². The molecule has 6 heteroatoms. The van der Waals surface area contributed by atoms with Crippen molar-refractivity contribution in [1.82, 2.24) is 10.2 Å². The number of nitrogens with one attached hydrogen (secondary N) is 1. The molecule has 1 unspecified atom stereocenters. The number of benzene rings is 1. The van der Waals surface area contributed by atoms with E-state index in [1.807, 2.05) is 0 Å². The molecule has 0 spiro atoms. The van der Waals surface area contributed by atoms with Gasteiger partial charge in [-0.05, 0) is 56.0 Å². The van der Waals surface area contributed by atoms with Crippen LogP contribution in [0.3, 0.4) is 0 Å². The molecule has 1 atom stereocenters. The molecule has 25 heavy (non-hydrogen) atoms. The first-order valence-electron chi connectivity index (χ1n) is 8.54. The molecule has 1 heterocycles. The summed E-state index contributed by atoms with van der Waals surface area (Å²) in [6.45, 7) is 8.65. The standard InChI is InChI=1S/C19H26BrFN2O.ClH/c1-3-10-23(13-16-12-17(20)4-5-18(16)21)19(24)11-14(2)15-6-8-22-9-7-15;/h3-5,12,14-15,22H,1,6-11,13H2,2H3;1H. The van der Waals surface area contributed by atoms with E-state index < -0.39 is 0 Å². The van der Waals surface area contributed by atoms with Crippen LogP contribution in [0.25, 0.3) is 0 Å². The van der Waals surface area contributed by atoms with Crippen molar-refractivity contribution < 1.29 is 9.18 Å². The molecule has 0 bridgehead atoms. The largest absolute Gasteiger partial charge is 0.335 e. The zero-order valence-corrected chi connectivity index (χ0v) is 17.0. The van der Waals surface area contributed by atoms with Gasteiger partial charge in [-0.3, -0.25) is 4.79 Å². The molecule has 1 aromatic carbocycles. The van der Waals surface area contributed by atoms with Crippen LogP contribution in [-0.4, -0.2) is 30.4 Å². The maximum absolute atomic E-state index is 14.0. The molecular weight excluding hydrogens is 407 g/mol. The summed E-state index contributed by atoms with van der Waals surface area (Å²) >= 11 is 3.36. The minimum Gasteiger partial charge on any atom is -0.335 e. The number of amides is 1. The first-order valence-corrected chi connectivity index (χ1v) is 9.34. The fourth-order valence-corrected chi connectivity index (χ4v) is 3.67. The predicted molar refractivity (Wildman–Crippen MR) is 106 cm³/mol. The van der Waals surface area contributed by atoms with Crippen LogP contribution in [0.1, 0.15) is 31.7 Å². The van der Waals surface area contributed by atoms with Crippen LogP contribution in [0.2, 0.25) is 0 Å². The summed E-state index contributed by atoms with van der Waals surface area (Å²) in [7, 11) is 0. The average molecular weight is 434 g/mol. The van der Waals surface area contributed by atoms with Gasteiger partial charge in [-0.2, -0.15) is 0 Å². The molecule has 1 aliphatic rings. The normalized spacial score (nSPS) is 16.0. The van der Waals surface area contributed by atoms with Crippen LogP contribution >= 0.6 is 28.3 Å². The van der Waals surface area contributed by atoms with E-state index >= 15 is 0 Å². The Bertz CT molecular complexity index is 579. The van der Waals surface area contributed by atoms with Crippen molar-refractivity contribution in [2.75, 3.05) is 19.6 Å². The highest BCUT2D eigenvalue weighted by atomic mass is 79.9. The average Bonchev–Trinajstić information content (AvgIpc) is 2.58. The Labute approximate surface area is 164 Å². The van der Waals surface area contributed by atoms with Crippen LogP contribution in [0, 0.1) is 17.7 Å². The summed E-state index contributed by atoms with van der Waals surface area (Å²) in [4.78, 5) is 14.4. The summed E-state index contributed by atoms with van der Waals surface area (Å²) in [5.41, 5.74) is 0.522. The lowest BCUT2D eigenvalue weighted by Gasteiger charge is -2.30. The topological polar surface area (TPSA) is 32.3 Å².